The van der Waals surface area contributed by atoms with Gasteiger partial charge in [0.05, 0.1) is 19.1 Å². The highest BCUT2D eigenvalue weighted by atomic mass is 19.3. The van der Waals surface area contributed by atoms with Gasteiger partial charge in [-0.3, -0.25) is 0 Å². The van der Waals surface area contributed by atoms with Crippen molar-refractivity contribution in [1.29, 1.82) is 0 Å². The van der Waals surface area contributed by atoms with E-state index in [0.29, 0.717) is 13.0 Å². The number of alkyl halides is 4. The number of furan rings is 1. The van der Waals surface area contributed by atoms with Crippen LogP contribution in [0.25, 0.3) is 0 Å². The van der Waals surface area contributed by atoms with Crippen LogP contribution in [0.3, 0.4) is 0 Å². The Morgan fingerprint density at radius 1 is 1.42 bits per heavy atom. The molecular formula is C12H17F4NO2. The zero-order valence-corrected chi connectivity index (χ0v) is 10.5. The monoisotopic (exact) mass is 283 g/mol. The van der Waals surface area contributed by atoms with Crippen molar-refractivity contribution in [2.24, 2.45) is 0 Å². The van der Waals surface area contributed by atoms with Crippen LogP contribution in [0.4, 0.5) is 17.6 Å². The maximum Gasteiger partial charge on any atom is 0.330 e. The Hall–Kier alpha value is -1.08. The second-order valence-corrected chi connectivity index (χ2v) is 4.17. The fourth-order valence-corrected chi connectivity index (χ4v) is 1.57. The fraction of sp³-hybridized carbons (Fsp3) is 0.667. The lowest BCUT2D eigenvalue weighted by Crippen LogP contribution is -2.38. The van der Waals surface area contributed by atoms with E-state index in [0.717, 1.165) is 5.56 Å². The Morgan fingerprint density at radius 2 is 2.16 bits per heavy atom. The van der Waals surface area contributed by atoms with E-state index in [1.165, 1.54) is 12.5 Å². The van der Waals surface area contributed by atoms with Crippen molar-refractivity contribution in [1.82, 2.24) is 5.32 Å². The molecule has 1 unspecified atom stereocenters. The maximum absolute atomic E-state index is 12.6. The molecule has 0 aliphatic rings. The molecule has 1 rings (SSSR count). The van der Waals surface area contributed by atoms with E-state index < -0.39 is 19.0 Å². The van der Waals surface area contributed by atoms with Gasteiger partial charge < -0.3 is 14.5 Å². The number of likely N-dealkylation sites (N-methyl/N-ethyl adjacent to an activating group) is 1. The number of halogens is 4. The lowest BCUT2D eigenvalue weighted by atomic mass is 10.1. The Kier molecular flexibility index (Phi) is 6.30. The van der Waals surface area contributed by atoms with Gasteiger partial charge >= 0.3 is 12.3 Å². The molecule has 0 aromatic carbocycles. The van der Waals surface area contributed by atoms with Crippen LogP contribution in [-0.4, -0.2) is 38.1 Å². The highest BCUT2D eigenvalue weighted by molar-refractivity contribution is 5.07. The molecule has 0 radical (unpaired) electrons. The van der Waals surface area contributed by atoms with Gasteiger partial charge in [0.25, 0.3) is 0 Å². The second kappa shape index (κ2) is 7.49. The third-order valence-electron chi connectivity index (χ3n) is 2.49. The van der Waals surface area contributed by atoms with Crippen molar-refractivity contribution in [3.63, 3.8) is 0 Å². The number of ether oxygens (including phenoxy) is 1. The first kappa shape index (κ1) is 16.0. The van der Waals surface area contributed by atoms with Gasteiger partial charge in [-0.05, 0) is 24.6 Å². The van der Waals surface area contributed by atoms with Gasteiger partial charge in [-0.2, -0.15) is 8.78 Å². The molecule has 0 fully saturated rings. The molecule has 7 heteroatoms. The lowest BCUT2D eigenvalue weighted by Gasteiger charge is -2.20. The number of hydrogen-bond donors (Lipinski definition) is 1. The summed E-state index contributed by atoms with van der Waals surface area (Å²) in [7, 11) is 0. The highest BCUT2D eigenvalue weighted by Gasteiger charge is 2.41. The number of hydrogen-bond acceptors (Lipinski definition) is 3. The van der Waals surface area contributed by atoms with Crippen molar-refractivity contribution in [2.75, 3.05) is 19.8 Å². The standard InChI is InChI=1S/C12H17F4NO2/c1-2-17-10(5-9-3-4-18-6-9)7-19-8-12(15,16)11(13)14/h3-4,6,10-11,17H,2,5,7-8H2,1H3. The largest absolute Gasteiger partial charge is 0.472 e. The topological polar surface area (TPSA) is 34.4 Å². The summed E-state index contributed by atoms with van der Waals surface area (Å²) in [5.41, 5.74) is 0.884. The minimum atomic E-state index is -4.10. The van der Waals surface area contributed by atoms with Gasteiger partial charge in [-0.15, -0.1) is 0 Å². The SMILES string of the molecule is CCNC(COCC(F)(F)C(F)F)Cc1ccoc1. The molecule has 0 bridgehead atoms. The third-order valence-corrected chi connectivity index (χ3v) is 2.49. The Bertz CT molecular complexity index is 344. The summed E-state index contributed by atoms with van der Waals surface area (Å²) in [5.74, 6) is -4.10. The summed E-state index contributed by atoms with van der Waals surface area (Å²) in [6.45, 7) is 1.13. The molecule has 0 saturated carbocycles. The first-order valence-electron chi connectivity index (χ1n) is 5.94. The van der Waals surface area contributed by atoms with Gasteiger partial charge in [0, 0.05) is 6.04 Å². The summed E-state index contributed by atoms with van der Waals surface area (Å²) < 4.78 is 58.8. The van der Waals surface area contributed by atoms with Crippen LogP contribution in [0.2, 0.25) is 0 Å². The average Bonchev–Trinajstić information content (AvgIpc) is 2.81. The van der Waals surface area contributed by atoms with Gasteiger partial charge in [-0.1, -0.05) is 6.92 Å². The molecule has 0 spiro atoms. The van der Waals surface area contributed by atoms with Crippen LogP contribution in [0.1, 0.15) is 12.5 Å². The second-order valence-electron chi connectivity index (χ2n) is 4.17. The fourth-order valence-electron chi connectivity index (χ4n) is 1.57. The van der Waals surface area contributed by atoms with Crippen LogP contribution in [0.15, 0.2) is 23.0 Å². The van der Waals surface area contributed by atoms with Crippen LogP contribution in [-0.2, 0) is 11.2 Å². The first-order valence-corrected chi connectivity index (χ1v) is 5.94. The molecule has 110 valence electrons. The molecule has 1 heterocycles. The summed E-state index contributed by atoms with van der Waals surface area (Å²) in [5, 5.41) is 3.04. The Balaban J connectivity index is 2.37. The molecule has 19 heavy (non-hydrogen) atoms. The molecule has 1 aromatic heterocycles. The van der Waals surface area contributed by atoms with E-state index in [4.69, 9.17) is 9.15 Å². The van der Waals surface area contributed by atoms with E-state index in [1.54, 1.807) is 6.07 Å². The van der Waals surface area contributed by atoms with Gasteiger partial charge in [0.1, 0.15) is 6.61 Å². The molecule has 0 aliphatic heterocycles. The summed E-state index contributed by atoms with van der Waals surface area (Å²) in [6, 6.07) is 1.52. The maximum atomic E-state index is 12.6. The first-order chi connectivity index (χ1) is 8.95. The molecular weight excluding hydrogens is 266 g/mol. The number of rotatable bonds is 9. The lowest BCUT2D eigenvalue weighted by molar-refractivity contribution is -0.167. The van der Waals surface area contributed by atoms with Crippen molar-refractivity contribution in [3.05, 3.63) is 24.2 Å². The van der Waals surface area contributed by atoms with Gasteiger partial charge in [0.2, 0.25) is 0 Å². The quantitative estimate of drug-likeness (QED) is 0.708. The predicted octanol–water partition coefficient (Wildman–Crippen LogP) is 2.72. The zero-order valence-electron chi connectivity index (χ0n) is 10.5. The third kappa shape index (κ3) is 5.61. The smallest absolute Gasteiger partial charge is 0.330 e. The van der Waals surface area contributed by atoms with Crippen molar-refractivity contribution in [3.8, 4) is 0 Å². The molecule has 1 atom stereocenters. The summed E-state index contributed by atoms with van der Waals surface area (Å²) >= 11 is 0. The predicted molar refractivity (Wildman–Crippen MR) is 61.6 cm³/mol. The van der Waals surface area contributed by atoms with Crippen molar-refractivity contribution >= 4 is 0 Å². The van der Waals surface area contributed by atoms with Gasteiger partial charge in [-0.25, -0.2) is 8.78 Å². The van der Waals surface area contributed by atoms with Gasteiger partial charge in [0.15, 0.2) is 0 Å². The molecule has 0 aliphatic carbocycles. The van der Waals surface area contributed by atoms with Crippen molar-refractivity contribution in [2.45, 2.75) is 31.7 Å². The van der Waals surface area contributed by atoms with Crippen molar-refractivity contribution < 1.29 is 26.7 Å². The Labute approximate surface area is 108 Å². The van der Waals surface area contributed by atoms with E-state index in [-0.39, 0.29) is 12.6 Å². The Morgan fingerprint density at radius 3 is 2.68 bits per heavy atom. The molecule has 0 amide bonds. The average molecular weight is 283 g/mol. The van der Waals surface area contributed by atoms with E-state index in [1.807, 2.05) is 6.92 Å². The minimum Gasteiger partial charge on any atom is -0.472 e. The highest BCUT2D eigenvalue weighted by Crippen LogP contribution is 2.22. The minimum absolute atomic E-state index is 0.0681. The summed E-state index contributed by atoms with van der Waals surface area (Å²) in [6.07, 6.45) is -0.147. The van der Waals surface area contributed by atoms with Crippen LogP contribution < -0.4 is 5.32 Å². The zero-order chi connectivity index (χ0) is 14.3. The molecule has 1 aromatic rings. The normalized spacial score (nSPS) is 14.0. The molecule has 1 N–H and O–H groups in total. The molecule has 3 nitrogen and oxygen atoms in total. The summed E-state index contributed by atoms with van der Waals surface area (Å²) in [4.78, 5) is 0. The van der Waals surface area contributed by atoms with Crippen LogP contribution >= 0.6 is 0 Å². The van der Waals surface area contributed by atoms with E-state index in [2.05, 4.69) is 5.32 Å². The number of nitrogens with one attached hydrogen (secondary N) is 1. The molecule has 0 saturated heterocycles. The van der Waals surface area contributed by atoms with E-state index in [9.17, 15) is 17.6 Å². The van der Waals surface area contributed by atoms with Crippen LogP contribution in [0.5, 0.6) is 0 Å². The van der Waals surface area contributed by atoms with Crippen LogP contribution in [0, 0.1) is 0 Å². The van der Waals surface area contributed by atoms with E-state index >= 15 is 0 Å².